The fraction of sp³-hybridized carbons (Fsp3) is 0.667. The van der Waals surface area contributed by atoms with Gasteiger partial charge in [0.1, 0.15) is 42.4 Å². The van der Waals surface area contributed by atoms with Crippen molar-refractivity contribution in [3.05, 3.63) is 42.0 Å². The van der Waals surface area contributed by atoms with Crippen LogP contribution in [0.4, 0.5) is 0 Å². The number of aliphatic hydroxyl groups is 5. The highest BCUT2D eigenvalue weighted by Gasteiger charge is 2.61. The third kappa shape index (κ3) is 5.69. The van der Waals surface area contributed by atoms with Gasteiger partial charge in [-0.1, -0.05) is 25.6 Å². The van der Waals surface area contributed by atoms with Gasteiger partial charge >= 0.3 is 11.9 Å². The van der Waals surface area contributed by atoms with Gasteiger partial charge in [-0.25, -0.2) is 9.59 Å². The zero-order valence-corrected chi connectivity index (χ0v) is 23.4. The number of esters is 2. The van der Waals surface area contributed by atoms with Crippen LogP contribution >= 0.6 is 0 Å². The summed E-state index contributed by atoms with van der Waals surface area (Å²) in [6.45, 7) is 5.38. The lowest BCUT2D eigenvalue weighted by Crippen LogP contribution is -2.60. The van der Waals surface area contributed by atoms with E-state index < -0.39 is 73.0 Å². The number of phenols is 1. The highest BCUT2D eigenvalue weighted by atomic mass is 16.7. The molecular weight excluding hydrogens is 552 g/mol. The Morgan fingerprint density at radius 3 is 2.52 bits per heavy atom. The van der Waals surface area contributed by atoms with Gasteiger partial charge < -0.3 is 49.6 Å². The van der Waals surface area contributed by atoms with Gasteiger partial charge in [-0.15, -0.1) is 0 Å². The zero-order chi connectivity index (χ0) is 30.3. The molecule has 232 valence electrons. The molecule has 4 aliphatic rings. The topological polar surface area (TPSA) is 192 Å². The van der Waals surface area contributed by atoms with Gasteiger partial charge in [-0.05, 0) is 49.3 Å². The van der Waals surface area contributed by atoms with Crippen molar-refractivity contribution in [3.63, 3.8) is 0 Å². The summed E-state index contributed by atoms with van der Waals surface area (Å²) >= 11 is 0. The van der Waals surface area contributed by atoms with Crippen molar-refractivity contribution < 1.29 is 59.2 Å². The summed E-state index contributed by atoms with van der Waals surface area (Å²) in [5.74, 6) is -1.92. The predicted molar refractivity (Wildman–Crippen MR) is 143 cm³/mol. The summed E-state index contributed by atoms with van der Waals surface area (Å²) in [4.78, 5) is 25.6. The molecule has 0 spiro atoms. The van der Waals surface area contributed by atoms with Gasteiger partial charge in [0.25, 0.3) is 0 Å². The number of fused-ring (bicyclic) bond motifs is 3. The number of hydrogen-bond donors (Lipinski definition) is 6. The van der Waals surface area contributed by atoms with Crippen molar-refractivity contribution in [3.8, 4) is 5.75 Å². The third-order valence-electron chi connectivity index (χ3n) is 9.72. The maximum absolute atomic E-state index is 13.0. The van der Waals surface area contributed by atoms with Crippen LogP contribution in [0.15, 0.2) is 36.4 Å². The van der Waals surface area contributed by atoms with Crippen LogP contribution in [0.1, 0.15) is 38.2 Å². The second-order valence-electron chi connectivity index (χ2n) is 12.3. The molecule has 2 saturated carbocycles. The monoisotopic (exact) mass is 592 g/mol. The number of carbonyl (C=O) groups is 2. The first-order valence-corrected chi connectivity index (χ1v) is 14.4. The highest BCUT2D eigenvalue weighted by molar-refractivity contribution is 5.91. The number of ether oxygens (including phenoxy) is 4. The summed E-state index contributed by atoms with van der Waals surface area (Å²) in [6, 6.07) is 6.18. The van der Waals surface area contributed by atoms with Crippen LogP contribution in [0.5, 0.6) is 5.75 Å². The lowest BCUT2D eigenvalue weighted by Gasteiger charge is -2.55. The lowest BCUT2D eigenvalue weighted by molar-refractivity contribution is -0.306. The number of hydrogen-bond acceptors (Lipinski definition) is 12. The van der Waals surface area contributed by atoms with Crippen LogP contribution in [-0.4, -0.2) is 105 Å². The SMILES string of the molecule is C=C1C(=O)O[C@@H]2[C@H]3C(CO[C@@H]4O[C@H](CO)[C@@H](O)[C@H](O)[C@H]4O)CC[C@@H](OC(=O)C(O)Cc4ccc(O)cc4)[C@]3(C)CC[C@@H]12. The van der Waals surface area contributed by atoms with Crippen molar-refractivity contribution in [1.82, 2.24) is 0 Å². The fourth-order valence-corrected chi connectivity index (χ4v) is 7.32. The van der Waals surface area contributed by atoms with E-state index in [-0.39, 0.29) is 36.5 Å². The zero-order valence-electron chi connectivity index (χ0n) is 23.4. The van der Waals surface area contributed by atoms with Crippen molar-refractivity contribution in [2.75, 3.05) is 13.2 Å². The van der Waals surface area contributed by atoms with E-state index in [0.717, 1.165) is 0 Å². The Morgan fingerprint density at radius 1 is 1.12 bits per heavy atom. The molecule has 0 radical (unpaired) electrons. The minimum Gasteiger partial charge on any atom is -0.508 e. The van der Waals surface area contributed by atoms with Gasteiger partial charge in [0.15, 0.2) is 12.4 Å². The Kier molecular flexibility index (Phi) is 8.96. The van der Waals surface area contributed by atoms with Gasteiger partial charge in [0.2, 0.25) is 0 Å². The molecule has 2 aliphatic heterocycles. The second-order valence-corrected chi connectivity index (χ2v) is 12.3. The molecule has 2 saturated heterocycles. The molecular formula is C30H40O12. The first-order valence-electron chi connectivity index (χ1n) is 14.4. The Hall–Kier alpha value is -2.58. The lowest BCUT2D eigenvalue weighted by atomic mass is 9.52. The first kappa shape index (κ1) is 30.9. The predicted octanol–water partition coefficient (Wildman–Crippen LogP) is -0.0520. The molecule has 1 aromatic carbocycles. The summed E-state index contributed by atoms with van der Waals surface area (Å²) in [6.07, 6.45) is -7.42. The molecule has 2 heterocycles. The quantitative estimate of drug-likeness (QED) is 0.174. The standard InChI is InChI=1S/C30H40O12/c1-14-18-9-10-30(2)21(41-28(38)19(33)11-15-3-6-17(32)7-4-15)8-5-16(22(30)26(18)42-27(14)37)13-39-29-25(36)24(35)23(34)20(12-31)40-29/h3-4,6-7,16,18-26,29,31-36H,1,5,8-13H2,2H3/t16?,18-,19?,20+,21+,22+,23+,24-,25+,26-,29+,30-/m0/s1. The average molecular weight is 593 g/mol. The van der Waals surface area contributed by atoms with E-state index in [1.807, 2.05) is 6.92 Å². The van der Waals surface area contributed by atoms with E-state index >= 15 is 0 Å². The number of rotatable bonds is 8. The Bertz CT molecular complexity index is 1150. The van der Waals surface area contributed by atoms with Crippen LogP contribution in [0.2, 0.25) is 0 Å². The summed E-state index contributed by atoms with van der Waals surface area (Å²) < 4.78 is 23.2. The molecule has 12 atom stereocenters. The third-order valence-corrected chi connectivity index (χ3v) is 9.72. The summed E-state index contributed by atoms with van der Waals surface area (Å²) in [5.41, 5.74) is 0.410. The summed E-state index contributed by atoms with van der Waals surface area (Å²) in [7, 11) is 0. The Balaban J connectivity index is 1.32. The number of aromatic hydroxyl groups is 1. The minimum absolute atomic E-state index is 0.0175. The molecule has 0 aromatic heterocycles. The van der Waals surface area contributed by atoms with Crippen LogP contribution < -0.4 is 0 Å². The maximum Gasteiger partial charge on any atom is 0.335 e. The Labute approximate surface area is 243 Å². The van der Waals surface area contributed by atoms with Gasteiger partial charge in [-0.3, -0.25) is 0 Å². The molecule has 42 heavy (non-hydrogen) atoms. The van der Waals surface area contributed by atoms with Crippen molar-refractivity contribution >= 4 is 11.9 Å². The van der Waals surface area contributed by atoms with E-state index in [1.54, 1.807) is 12.1 Å². The van der Waals surface area contributed by atoms with E-state index in [1.165, 1.54) is 12.1 Å². The van der Waals surface area contributed by atoms with Crippen molar-refractivity contribution in [2.45, 2.75) is 88.0 Å². The number of aliphatic hydroxyl groups excluding tert-OH is 5. The normalized spacial score (nSPS) is 40.5. The molecule has 0 bridgehead atoms. The molecule has 5 rings (SSSR count). The maximum atomic E-state index is 13.0. The molecule has 12 nitrogen and oxygen atoms in total. The molecule has 6 N–H and O–H groups in total. The fourth-order valence-electron chi connectivity index (χ4n) is 7.32. The highest BCUT2D eigenvalue weighted by Crippen LogP contribution is 2.58. The number of benzene rings is 1. The molecule has 2 aliphatic carbocycles. The van der Waals surface area contributed by atoms with Crippen LogP contribution in [0, 0.1) is 23.2 Å². The van der Waals surface area contributed by atoms with Gasteiger partial charge in [0.05, 0.1) is 13.2 Å². The minimum atomic E-state index is -1.58. The molecule has 0 amide bonds. The van der Waals surface area contributed by atoms with Crippen molar-refractivity contribution in [2.24, 2.45) is 23.2 Å². The molecule has 1 aromatic rings. The van der Waals surface area contributed by atoms with Crippen LogP contribution in [-0.2, 0) is 35.0 Å². The van der Waals surface area contributed by atoms with Crippen LogP contribution in [0.3, 0.4) is 0 Å². The summed E-state index contributed by atoms with van der Waals surface area (Å²) in [5, 5.41) is 60.3. The van der Waals surface area contributed by atoms with E-state index in [9.17, 15) is 40.2 Å². The molecule has 12 heteroatoms. The second kappa shape index (κ2) is 12.2. The largest absolute Gasteiger partial charge is 0.508 e. The van der Waals surface area contributed by atoms with Crippen molar-refractivity contribution in [1.29, 1.82) is 0 Å². The van der Waals surface area contributed by atoms with Gasteiger partial charge in [-0.2, -0.15) is 0 Å². The Morgan fingerprint density at radius 2 is 1.83 bits per heavy atom. The number of phenolic OH excluding ortho intramolecular Hbond substituents is 1. The molecule has 2 unspecified atom stereocenters. The van der Waals surface area contributed by atoms with E-state index in [0.29, 0.717) is 36.8 Å². The average Bonchev–Trinajstić information content (AvgIpc) is 3.26. The van der Waals surface area contributed by atoms with E-state index in [2.05, 4.69) is 6.58 Å². The van der Waals surface area contributed by atoms with E-state index in [4.69, 9.17) is 18.9 Å². The smallest absolute Gasteiger partial charge is 0.335 e. The number of carbonyl (C=O) groups excluding carboxylic acids is 2. The molecule has 4 fully saturated rings. The first-order chi connectivity index (χ1) is 19.9. The van der Waals surface area contributed by atoms with Gasteiger partial charge in [0, 0.05) is 29.2 Å². The van der Waals surface area contributed by atoms with Crippen LogP contribution in [0.25, 0.3) is 0 Å².